The summed E-state index contributed by atoms with van der Waals surface area (Å²) in [6, 6.07) is 11.8. The largest absolute Gasteiger partial charge is 0.468 e. The standard InChI is InChI=1S/C21H18N4O4S.CH3NO2/c26-30(27,25-10-7-16-8-12-28-20(16)14-25)19-4-2-18(3-5-19)29-21-6-1-17(13-23-21)24-11-9-22-15-24;3-1-2-4/h1-6,8-9,11-13,15H,7,10,14H2;1,4H,(H,2,3). The summed E-state index contributed by atoms with van der Waals surface area (Å²) in [6.07, 6.45) is 9.31. The van der Waals surface area contributed by atoms with Crippen LogP contribution in [0.5, 0.6) is 11.6 Å². The van der Waals surface area contributed by atoms with Crippen LogP contribution in [0, 0.1) is 0 Å². The molecule has 4 heterocycles. The fourth-order valence-electron chi connectivity index (χ4n) is 3.36. The number of carbonyl (C=O) groups excluding carboxylic acids is 1. The minimum absolute atomic E-state index is 0.181. The van der Waals surface area contributed by atoms with E-state index in [-0.39, 0.29) is 17.9 Å². The lowest BCUT2D eigenvalue weighted by atomic mass is 10.1. The topological polar surface area (TPSA) is 140 Å². The summed E-state index contributed by atoms with van der Waals surface area (Å²) in [5, 5.41) is 7.26. The normalized spacial score (nSPS) is 13.3. The number of carbonyl (C=O) groups is 1. The van der Waals surface area contributed by atoms with Gasteiger partial charge in [0.15, 0.2) is 0 Å². The number of ether oxygens (including phenoxy) is 1. The highest BCUT2D eigenvalue weighted by atomic mass is 32.2. The van der Waals surface area contributed by atoms with E-state index in [4.69, 9.17) is 19.2 Å². The molecule has 0 spiro atoms. The number of hydroxylamine groups is 1. The first-order chi connectivity index (χ1) is 16.5. The summed E-state index contributed by atoms with van der Waals surface area (Å²) >= 11 is 0. The van der Waals surface area contributed by atoms with Crippen molar-refractivity contribution < 1.29 is 27.6 Å². The van der Waals surface area contributed by atoms with E-state index >= 15 is 0 Å². The molecule has 0 unspecified atom stereocenters. The molecule has 1 aromatic carbocycles. The lowest BCUT2D eigenvalue weighted by Crippen LogP contribution is -2.35. The van der Waals surface area contributed by atoms with E-state index in [9.17, 15) is 8.42 Å². The van der Waals surface area contributed by atoms with Gasteiger partial charge < -0.3 is 13.7 Å². The molecule has 0 saturated carbocycles. The van der Waals surface area contributed by atoms with E-state index in [0.29, 0.717) is 30.4 Å². The minimum Gasteiger partial charge on any atom is -0.468 e. The number of nitrogens with one attached hydrogen (secondary N) is 1. The van der Waals surface area contributed by atoms with Crippen molar-refractivity contribution >= 4 is 16.4 Å². The van der Waals surface area contributed by atoms with Crippen LogP contribution in [0.1, 0.15) is 11.3 Å². The molecule has 0 aliphatic carbocycles. The predicted molar refractivity (Wildman–Crippen MR) is 119 cm³/mol. The highest BCUT2D eigenvalue weighted by Crippen LogP contribution is 2.27. The maximum Gasteiger partial charge on any atom is 0.243 e. The van der Waals surface area contributed by atoms with Crippen LogP contribution in [0.3, 0.4) is 0 Å². The molecule has 2 N–H and O–H groups in total. The lowest BCUT2D eigenvalue weighted by molar-refractivity contribution is -0.116. The Balaban J connectivity index is 0.000000636. The Morgan fingerprint density at radius 3 is 2.59 bits per heavy atom. The van der Waals surface area contributed by atoms with Crippen molar-refractivity contribution in [3.05, 3.63) is 85.0 Å². The van der Waals surface area contributed by atoms with Gasteiger partial charge in [-0.25, -0.2) is 23.9 Å². The lowest BCUT2D eigenvalue weighted by Gasteiger charge is -2.25. The van der Waals surface area contributed by atoms with Crippen LogP contribution in [-0.4, -0.2) is 45.4 Å². The average Bonchev–Trinajstić information content (AvgIpc) is 3.57. The molecule has 0 radical (unpaired) electrons. The van der Waals surface area contributed by atoms with E-state index in [1.807, 2.05) is 22.9 Å². The van der Waals surface area contributed by atoms with Crippen molar-refractivity contribution in [3.8, 4) is 17.3 Å². The molecule has 5 rings (SSSR count). The van der Waals surface area contributed by atoms with Gasteiger partial charge in [-0.2, -0.15) is 4.31 Å². The highest BCUT2D eigenvalue weighted by Gasteiger charge is 2.29. The second kappa shape index (κ2) is 10.3. The molecular weight excluding hydrogens is 462 g/mol. The number of pyridine rings is 1. The van der Waals surface area contributed by atoms with Crippen LogP contribution in [-0.2, 0) is 27.8 Å². The SMILES string of the molecule is O=CNO.O=S(=O)(c1ccc(Oc2ccc(-n3ccnc3)cn2)cc1)N1CCc2ccoc2C1. The molecule has 1 aliphatic heterocycles. The van der Waals surface area contributed by atoms with Gasteiger partial charge in [-0.15, -0.1) is 0 Å². The van der Waals surface area contributed by atoms with Crippen LogP contribution < -0.4 is 10.2 Å². The van der Waals surface area contributed by atoms with Crippen LogP contribution >= 0.6 is 0 Å². The van der Waals surface area contributed by atoms with Gasteiger partial charge in [0.2, 0.25) is 22.3 Å². The summed E-state index contributed by atoms with van der Waals surface area (Å²) in [5.74, 6) is 1.62. The number of imidazole rings is 1. The molecular formula is C22H21N5O6S. The third-order valence-corrected chi connectivity index (χ3v) is 6.91. The molecule has 0 bridgehead atoms. The Hall–Kier alpha value is -4.00. The van der Waals surface area contributed by atoms with E-state index in [0.717, 1.165) is 11.3 Å². The van der Waals surface area contributed by atoms with Crippen molar-refractivity contribution in [2.24, 2.45) is 0 Å². The number of hydrogen-bond acceptors (Lipinski definition) is 8. The van der Waals surface area contributed by atoms with E-state index in [2.05, 4.69) is 9.97 Å². The monoisotopic (exact) mass is 483 g/mol. The number of nitrogens with zero attached hydrogens (tertiary/aromatic N) is 4. The Morgan fingerprint density at radius 2 is 1.94 bits per heavy atom. The Morgan fingerprint density at radius 1 is 1.15 bits per heavy atom. The fourth-order valence-corrected chi connectivity index (χ4v) is 4.76. The van der Waals surface area contributed by atoms with Gasteiger partial charge in [-0.3, -0.25) is 10.0 Å². The predicted octanol–water partition coefficient (Wildman–Crippen LogP) is 2.52. The first-order valence-electron chi connectivity index (χ1n) is 10.1. The van der Waals surface area contributed by atoms with Gasteiger partial charge in [0.25, 0.3) is 0 Å². The number of rotatable bonds is 6. The van der Waals surface area contributed by atoms with Crippen molar-refractivity contribution in [1.29, 1.82) is 0 Å². The Labute approximate surface area is 195 Å². The molecule has 176 valence electrons. The van der Waals surface area contributed by atoms with Crippen LogP contribution in [0.15, 0.2) is 83.0 Å². The number of benzene rings is 1. The van der Waals surface area contributed by atoms with Crippen LogP contribution in [0.25, 0.3) is 5.69 Å². The Bertz CT molecular complexity index is 1320. The molecule has 0 saturated heterocycles. The van der Waals surface area contributed by atoms with Crippen LogP contribution in [0.4, 0.5) is 0 Å². The molecule has 11 nitrogen and oxygen atoms in total. The zero-order valence-electron chi connectivity index (χ0n) is 17.8. The van der Waals surface area contributed by atoms with E-state index < -0.39 is 10.0 Å². The summed E-state index contributed by atoms with van der Waals surface area (Å²) in [6.45, 7) is 0.677. The molecule has 3 aromatic heterocycles. The van der Waals surface area contributed by atoms with Gasteiger partial charge in [0, 0.05) is 25.0 Å². The molecule has 12 heteroatoms. The molecule has 34 heavy (non-hydrogen) atoms. The second-order valence-corrected chi connectivity index (χ2v) is 9.04. The summed E-state index contributed by atoms with van der Waals surface area (Å²) in [7, 11) is -3.61. The van der Waals surface area contributed by atoms with Crippen molar-refractivity contribution in [2.75, 3.05) is 6.54 Å². The van der Waals surface area contributed by atoms with Crippen molar-refractivity contribution in [2.45, 2.75) is 17.9 Å². The molecule has 0 atom stereocenters. The van der Waals surface area contributed by atoms with E-state index in [1.54, 1.807) is 55.3 Å². The van der Waals surface area contributed by atoms with Crippen LogP contribution in [0.2, 0.25) is 0 Å². The Kier molecular flexibility index (Phi) is 7.01. The first-order valence-corrected chi connectivity index (χ1v) is 11.6. The summed E-state index contributed by atoms with van der Waals surface area (Å²) < 4.78 is 40.3. The van der Waals surface area contributed by atoms with Crippen molar-refractivity contribution in [1.82, 2.24) is 24.3 Å². The number of furan rings is 1. The quantitative estimate of drug-likeness (QED) is 0.242. The first kappa shape index (κ1) is 23.2. The van der Waals surface area contributed by atoms with Gasteiger partial charge in [0.1, 0.15) is 11.5 Å². The van der Waals surface area contributed by atoms with E-state index in [1.165, 1.54) is 9.79 Å². The smallest absolute Gasteiger partial charge is 0.243 e. The summed E-state index contributed by atoms with van der Waals surface area (Å²) in [4.78, 5) is 17.3. The van der Waals surface area contributed by atoms with Gasteiger partial charge in [-0.1, -0.05) is 0 Å². The minimum atomic E-state index is -3.61. The fraction of sp³-hybridized carbons (Fsp3) is 0.136. The zero-order valence-corrected chi connectivity index (χ0v) is 18.6. The highest BCUT2D eigenvalue weighted by molar-refractivity contribution is 7.89. The number of sulfonamides is 1. The maximum atomic E-state index is 13.0. The number of fused-ring (bicyclic) bond motifs is 1. The molecule has 1 aliphatic rings. The second-order valence-electron chi connectivity index (χ2n) is 7.10. The number of hydrogen-bond donors (Lipinski definition) is 2. The third-order valence-electron chi connectivity index (χ3n) is 5.05. The molecule has 1 amide bonds. The van der Waals surface area contributed by atoms with Gasteiger partial charge in [0.05, 0.1) is 35.9 Å². The summed E-state index contributed by atoms with van der Waals surface area (Å²) in [5.41, 5.74) is 3.18. The zero-order chi connectivity index (χ0) is 24.0. The third kappa shape index (κ3) is 5.14. The average molecular weight is 484 g/mol. The number of aromatic nitrogens is 3. The molecule has 0 fully saturated rings. The van der Waals surface area contributed by atoms with Crippen molar-refractivity contribution in [3.63, 3.8) is 0 Å². The molecule has 4 aromatic rings. The van der Waals surface area contributed by atoms with Gasteiger partial charge in [-0.05, 0) is 48.4 Å². The van der Waals surface area contributed by atoms with Gasteiger partial charge >= 0.3 is 0 Å². The number of amides is 1. The maximum absolute atomic E-state index is 13.0.